The monoisotopic (exact) mass is 327 g/mol. The van der Waals surface area contributed by atoms with Crippen LogP contribution < -0.4 is 15.5 Å². The van der Waals surface area contributed by atoms with E-state index in [9.17, 15) is 0 Å². The Morgan fingerprint density at radius 1 is 1.00 bits per heavy atom. The number of benzene rings is 2. The molecule has 0 radical (unpaired) electrons. The number of hydrogen-bond acceptors (Lipinski definition) is 2. The van der Waals surface area contributed by atoms with Crippen LogP contribution in [0.3, 0.4) is 0 Å². The lowest BCUT2D eigenvalue weighted by Gasteiger charge is -2.25. The molecule has 2 aromatic carbocycles. The Labute approximate surface area is 144 Å². The molecule has 23 heavy (non-hydrogen) atoms. The second-order valence-electron chi connectivity index (χ2n) is 6.51. The third-order valence-corrected chi connectivity index (χ3v) is 4.79. The first-order valence-corrected chi connectivity index (χ1v) is 8.82. The summed E-state index contributed by atoms with van der Waals surface area (Å²) in [6, 6.07) is 13.3. The van der Waals surface area contributed by atoms with Gasteiger partial charge in [-0.05, 0) is 37.2 Å². The molecule has 4 heteroatoms. The van der Waals surface area contributed by atoms with Gasteiger partial charge in [0.05, 0.1) is 0 Å². The molecule has 0 aliphatic heterocycles. The van der Waals surface area contributed by atoms with Gasteiger partial charge in [-0.3, -0.25) is 0 Å². The van der Waals surface area contributed by atoms with Gasteiger partial charge in [-0.2, -0.15) is 0 Å². The van der Waals surface area contributed by atoms with E-state index in [2.05, 4.69) is 66.0 Å². The van der Waals surface area contributed by atoms with Crippen molar-refractivity contribution in [1.29, 1.82) is 0 Å². The SMILES string of the molecule is CN(C)c1ccc(NC(=S)NC2CCCCC2)c2ccccc12. The highest BCUT2D eigenvalue weighted by Crippen LogP contribution is 2.31. The van der Waals surface area contributed by atoms with E-state index in [0.717, 1.165) is 10.8 Å². The van der Waals surface area contributed by atoms with E-state index in [1.807, 2.05) is 0 Å². The van der Waals surface area contributed by atoms with E-state index in [1.165, 1.54) is 48.6 Å². The van der Waals surface area contributed by atoms with Gasteiger partial charge >= 0.3 is 0 Å². The smallest absolute Gasteiger partial charge is 0.171 e. The van der Waals surface area contributed by atoms with Gasteiger partial charge in [0.15, 0.2) is 5.11 Å². The maximum absolute atomic E-state index is 5.53. The summed E-state index contributed by atoms with van der Waals surface area (Å²) in [5.74, 6) is 0. The van der Waals surface area contributed by atoms with Gasteiger partial charge in [-0.15, -0.1) is 0 Å². The molecule has 1 fully saturated rings. The largest absolute Gasteiger partial charge is 0.377 e. The lowest BCUT2D eigenvalue weighted by Crippen LogP contribution is -2.38. The van der Waals surface area contributed by atoms with Gasteiger partial charge in [-0.1, -0.05) is 43.5 Å². The van der Waals surface area contributed by atoms with Gasteiger partial charge in [0.2, 0.25) is 0 Å². The molecule has 1 saturated carbocycles. The molecule has 0 unspecified atom stereocenters. The van der Waals surface area contributed by atoms with Gasteiger partial charge in [0.25, 0.3) is 0 Å². The third-order valence-electron chi connectivity index (χ3n) is 4.57. The van der Waals surface area contributed by atoms with Crippen LogP contribution in [0, 0.1) is 0 Å². The van der Waals surface area contributed by atoms with Gasteiger partial charge in [0.1, 0.15) is 0 Å². The van der Waals surface area contributed by atoms with Crippen molar-refractivity contribution in [3.8, 4) is 0 Å². The van der Waals surface area contributed by atoms with Crippen molar-refractivity contribution in [2.75, 3.05) is 24.3 Å². The van der Waals surface area contributed by atoms with Crippen molar-refractivity contribution in [3.63, 3.8) is 0 Å². The van der Waals surface area contributed by atoms with E-state index < -0.39 is 0 Å². The fraction of sp³-hybridized carbons (Fsp3) is 0.421. The van der Waals surface area contributed by atoms with Crippen LogP contribution in [-0.4, -0.2) is 25.2 Å². The second kappa shape index (κ2) is 7.18. The highest BCUT2D eigenvalue weighted by atomic mass is 32.1. The number of nitrogens with zero attached hydrogens (tertiary/aromatic N) is 1. The normalized spacial score (nSPS) is 15.4. The van der Waals surface area contributed by atoms with Gasteiger partial charge < -0.3 is 15.5 Å². The Morgan fingerprint density at radius 3 is 2.39 bits per heavy atom. The summed E-state index contributed by atoms with van der Waals surface area (Å²) in [6.07, 6.45) is 6.42. The summed E-state index contributed by atoms with van der Waals surface area (Å²) in [4.78, 5) is 2.14. The van der Waals surface area contributed by atoms with Crippen molar-refractivity contribution in [2.45, 2.75) is 38.1 Å². The Kier molecular flexibility index (Phi) is 5.01. The first kappa shape index (κ1) is 16.1. The van der Waals surface area contributed by atoms with E-state index in [-0.39, 0.29) is 0 Å². The highest BCUT2D eigenvalue weighted by molar-refractivity contribution is 7.80. The number of anilines is 2. The molecule has 0 heterocycles. The maximum atomic E-state index is 5.53. The predicted octanol–water partition coefficient (Wildman–Crippen LogP) is 4.52. The van der Waals surface area contributed by atoms with Crippen LogP contribution in [0.4, 0.5) is 11.4 Å². The number of hydrogen-bond donors (Lipinski definition) is 2. The summed E-state index contributed by atoms with van der Waals surface area (Å²) in [5.41, 5.74) is 2.29. The van der Waals surface area contributed by atoms with Crippen molar-refractivity contribution in [3.05, 3.63) is 36.4 Å². The highest BCUT2D eigenvalue weighted by Gasteiger charge is 2.14. The molecule has 3 rings (SSSR count). The molecule has 0 amide bonds. The molecule has 3 nitrogen and oxygen atoms in total. The zero-order valence-electron chi connectivity index (χ0n) is 13.9. The van der Waals surface area contributed by atoms with Crippen LogP contribution in [0.1, 0.15) is 32.1 Å². The van der Waals surface area contributed by atoms with Crippen LogP contribution in [0.25, 0.3) is 10.8 Å². The number of fused-ring (bicyclic) bond motifs is 1. The summed E-state index contributed by atoms with van der Waals surface area (Å²) in [5, 5.41) is 10.1. The number of nitrogens with one attached hydrogen (secondary N) is 2. The molecule has 2 aromatic rings. The molecule has 0 aromatic heterocycles. The molecule has 0 bridgehead atoms. The quantitative estimate of drug-likeness (QED) is 0.810. The van der Waals surface area contributed by atoms with Crippen LogP contribution in [-0.2, 0) is 0 Å². The Balaban J connectivity index is 1.80. The Morgan fingerprint density at radius 2 is 1.70 bits per heavy atom. The standard InChI is InChI=1S/C19H25N3S/c1-22(2)18-13-12-17(15-10-6-7-11-16(15)18)21-19(23)20-14-8-4-3-5-9-14/h6-7,10-14H,3-5,8-9H2,1-2H3,(H2,20,21,23). The van der Waals surface area contributed by atoms with Crippen LogP contribution >= 0.6 is 12.2 Å². The minimum atomic E-state index is 0.524. The van der Waals surface area contributed by atoms with Crippen molar-refractivity contribution in [1.82, 2.24) is 5.32 Å². The van der Waals surface area contributed by atoms with E-state index in [0.29, 0.717) is 6.04 Å². The second-order valence-corrected chi connectivity index (χ2v) is 6.91. The molecule has 2 N–H and O–H groups in total. The lowest BCUT2D eigenvalue weighted by atomic mass is 9.96. The minimum absolute atomic E-state index is 0.524. The zero-order valence-corrected chi connectivity index (χ0v) is 14.7. The van der Waals surface area contributed by atoms with Crippen LogP contribution in [0.2, 0.25) is 0 Å². The first-order chi connectivity index (χ1) is 11.1. The van der Waals surface area contributed by atoms with Crippen molar-refractivity contribution in [2.24, 2.45) is 0 Å². The average molecular weight is 327 g/mol. The van der Waals surface area contributed by atoms with E-state index in [1.54, 1.807) is 0 Å². The summed E-state index contributed by atoms with van der Waals surface area (Å²) in [7, 11) is 4.15. The molecule has 122 valence electrons. The molecule has 1 aliphatic carbocycles. The molecular weight excluding hydrogens is 302 g/mol. The molecular formula is C19H25N3S. The van der Waals surface area contributed by atoms with E-state index >= 15 is 0 Å². The summed E-state index contributed by atoms with van der Waals surface area (Å²) in [6.45, 7) is 0. The molecule has 0 atom stereocenters. The first-order valence-electron chi connectivity index (χ1n) is 8.42. The van der Waals surface area contributed by atoms with Gasteiger partial charge in [-0.25, -0.2) is 0 Å². The molecule has 0 saturated heterocycles. The van der Waals surface area contributed by atoms with Crippen molar-refractivity contribution < 1.29 is 0 Å². The fourth-order valence-corrected chi connectivity index (χ4v) is 3.65. The van der Waals surface area contributed by atoms with Crippen LogP contribution in [0.15, 0.2) is 36.4 Å². The topological polar surface area (TPSA) is 27.3 Å². The Hall–Kier alpha value is -1.81. The van der Waals surface area contributed by atoms with Crippen LogP contribution in [0.5, 0.6) is 0 Å². The van der Waals surface area contributed by atoms with E-state index in [4.69, 9.17) is 12.2 Å². The van der Waals surface area contributed by atoms with Crippen molar-refractivity contribution >= 4 is 39.5 Å². The third kappa shape index (κ3) is 3.75. The Bertz CT molecular complexity index is 690. The predicted molar refractivity (Wildman–Crippen MR) is 105 cm³/mol. The zero-order chi connectivity index (χ0) is 16.2. The average Bonchev–Trinajstić information content (AvgIpc) is 2.55. The maximum Gasteiger partial charge on any atom is 0.171 e. The summed E-state index contributed by atoms with van der Waals surface area (Å²) >= 11 is 5.53. The van der Waals surface area contributed by atoms with Gasteiger partial charge in [0, 0.05) is 42.3 Å². The fourth-order valence-electron chi connectivity index (χ4n) is 3.37. The lowest BCUT2D eigenvalue weighted by molar-refractivity contribution is 0.415. The minimum Gasteiger partial charge on any atom is -0.377 e. The summed E-state index contributed by atoms with van der Waals surface area (Å²) < 4.78 is 0. The number of rotatable bonds is 3. The molecule has 1 aliphatic rings. The molecule has 0 spiro atoms. The number of thiocarbonyl (C=S) groups is 1.